The SMILES string of the molecule is CC1(NC(=O)c2nnc3n2CCNC3)CCN(C(=O)O)C(C(C(F)(F)F)C(F)(F)F)C1. The van der Waals surface area contributed by atoms with Crippen molar-refractivity contribution in [2.45, 2.75) is 56.8 Å². The van der Waals surface area contributed by atoms with Gasteiger partial charge in [-0.25, -0.2) is 4.79 Å². The third kappa shape index (κ3) is 4.70. The molecule has 31 heavy (non-hydrogen) atoms. The molecule has 1 fully saturated rings. The number of carbonyl (C=O) groups is 2. The number of aromatic nitrogens is 3. The molecular formula is C16H20F6N6O3. The van der Waals surface area contributed by atoms with E-state index >= 15 is 0 Å². The maximum Gasteiger partial charge on any atom is 0.407 e. The molecule has 0 aromatic carbocycles. The quantitative estimate of drug-likeness (QED) is 0.595. The van der Waals surface area contributed by atoms with Gasteiger partial charge in [0.2, 0.25) is 5.82 Å². The summed E-state index contributed by atoms with van der Waals surface area (Å²) in [6.45, 7) is 1.92. The van der Waals surface area contributed by atoms with E-state index in [2.05, 4.69) is 20.8 Å². The highest BCUT2D eigenvalue weighted by Crippen LogP contribution is 2.46. The minimum absolute atomic E-state index is 0.113. The number of hydrogen-bond donors (Lipinski definition) is 3. The summed E-state index contributed by atoms with van der Waals surface area (Å²) < 4.78 is 81.4. The molecule has 0 bridgehead atoms. The van der Waals surface area contributed by atoms with E-state index in [1.54, 1.807) is 0 Å². The minimum Gasteiger partial charge on any atom is -0.465 e. The van der Waals surface area contributed by atoms with Crippen LogP contribution in [0.5, 0.6) is 0 Å². The van der Waals surface area contributed by atoms with Crippen LogP contribution in [0.15, 0.2) is 0 Å². The Morgan fingerprint density at radius 3 is 2.42 bits per heavy atom. The number of piperidine rings is 1. The number of likely N-dealkylation sites (tertiary alicyclic amines) is 1. The normalized spacial score (nSPS) is 24.8. The van der Waals surface area contributed by atoms with Crippen molar-refractivity contribution in [2.24, 2.45) is 5.92 Å². The second kappa shape index (κ2) is 7.84. The van der Waals surface area contributed by atoms with Crippen molar-refractivity contribution in [3.8, 4) is 0 Å². The Morgan fingerprint density at radius 2 is 1.84 bits per heavy atom. The Bertz CT molecular complexity index is 842. The van der Waals surface area contributed by atoms with Gasteiger partial charge in [-0.3, -0.25) is 4.79 Å². The van der Waals surface area contributed by atoms with Crippen LogP contribution in [0.1, 0.15) is 36.2 Å². The third-order valence-corrected chi connectivity index (χ3v) is 5.54. The zero-order valence-electron chi connectivity index (χ0n) is 16.2. The van der Waals surface area contributed by atoms with Gasteiger partial charge in [0.25, 0.3) is 5.91 Å². The van der Waals surface area contributed by atoms with Crippen molar-refractivity contribution in [3.63, 3.8) is 0 Å². The fraction of sp³-hybridized carbons (Fsp3) is 0.750. The van der Waals surface area contributed by atoms with Crippen LogP contribution >= 0.6 is 0 Å². The molecule has 0 spiro atoms. The smallest absolute Gasteiger partial charge is 0.407 e. The van der Waals surface area contributed by atoms with E-state index in [1.165, 1.54) is 11.5 Å². The van der Waals surface area contributed by atoms with Crippen LogP contribution in [-0.4, -0.2) is 73.8 Å². The summed E-state index contributed by atoms with van der Waals surface area (Å²) in [5, 5.41) is 22.3. The number of amides is 2. The van der Waals surface area contributed by atoms with E-state index in [0.717, 1.165) is 0 Å². The molecular weight excluding hydrogens is 438 g/mol. The molecule has 1 aromatic rings. The topological polar surface area (TPSA) is 112 Å². The summed E-state index contributed by atoms with van der Waals surface area (Å²) in [7, 11) is 0. The zero-order valence-corrected chi connectivity index (χ0v) is 16.2. The minimum atomic E-state index is -5.72. The van der Waals surface area contributed by atoms with Gasteiger partial charge in [0, 0.05) is 25.2 Å². The lowest BCUT2D eigenvalue weighted by Gasteiger charge is -2.47. The largest absolute Gasteiger partial charge is 0.465 e. The number of halogens is 6. The van der Waals surface area contributed by atoms with Gasteiger partial charge in [0.1, 0.15) is 5.82 Å². The molecule has 1 aromatic heterocycles. The molecule has 0 aliphatic carbocycles. The van der Waals surface area contributed by atoms with Crippen LogP contribution in [0.4, 0.5) is 31.1 Å². The summed E-state index contributed by atoms with van der Waals surface area (Å²) in [6.07, 6.45) is -14.4. The Balaban J connectivity index is 1.87. The van der Waals surface area contributed by atoms with E-state index in [0.29, 0.717) is 25.5 Å². The Morgan fingerprint density at radius 1 is 1.19 bits per heavy atom. The first-order chi connectivity index (χ1) is 14.2. The van der Waals surface area contributed by atoms with Crippen molar-refractivity contribution >= 4 is 12.0 Å². The van der Waals surface area contributed by atoms with Gasteiger partial charge in [-0.2, -0.15) is 26.3 Å². The number of hydrogen-bond acceptors (Lipinski definition) is 5. The summed E-state index contributed by atoms with van der Waals surface area (Å²) in [5.41, 5.74) is -1.53. The number of nitrogens with zero attached hydrogens (tertiary/aromatic N) is 4. The average Bonchev–Trinajstić information content (AvgIpc) is 3.03. The molecule has 2 unspecified atom stereocenters. The second-order valence-electron chi connectivity index (χ2n) is 7.84. The van der Waals surface area contributed by atoms with Gasteiger partial charge in [0.15, 0.2) is 5.92 Å². The molecule has 0 radical (unpaired) electrons. The van der Waals surface area contributed by atoms with Gasteiger partial charge >= 0.3 is 18.4 Å². The zero-order chi connectivity index (χ0) is 23.2. The van der Waals surface area contributed by atoms with Crippen LogP contribution in [-0.2, 0) is 13.1 Å². The van der Waals surface area contributed by atoms with Gasteiger partial charge in [-0.1, -0.05) is 0 Å². The molecule has 174 valence electrons. The number of alkyl halides is 6. The number of carboxylic acid groups (broad SMARTS) is 1. The lowest BCUT2D eigenvalue weighted by atomic mass is 9.79. The highest BCUT2D eigenvalue weighted by atomic mass is 19.4. The molecule has 0 saturated carbocycles. The molecule has 9 nitrogen and oxygen atoms in total. The third-order valence-electron chi connectivity index (χ3n) is 5.54. The van der Waals surface area contributed by atoms with E-state index in [1.807, 2.05) is 0 Å². The Kier molecular flexibility index (Phi) is 5.84. The standard InChI is InChI=1S/C16H20F6N6O3/c1-14(24-12(29)11-26-25-9-7-23-3-5-28(9)11)2-4-27(13(30)31)8(6-14)10(15(17,18)19)16(20,21)22/h8,10,23H,2-7H2,1H3,(H,24,29)(H,30,31). The molecule has 1 saturated heterocycles. The predicted octanol–water partition coefficient (Wildman–Crippen LogP) is 1.75. The van der Waals surface area contributed by atoms with E-state index in [4.69, 9.17) is 0 Å². The Labute approximate surface area is 171 Å². The molecule has 2 aliphatic heterocycles. The van der Waals surface area contributed by atoms with Crippen molar-refractivity contribution in [3.05, 3.63) is 11.6 Å². The number of carbonyl (C=O) groups excluding carboxylic acids is 1. The highest BCUT2D eigenvalue weighted by molar-refractivity contribution is 5.91. The van der Waals surface area contributed by atoms with Gasteiger partial charge in [-0.05, 0) is 19.8 Å². The first kappa shape index (κ1) is 23.1. The molecule has 3 heterocycles. The van der Waals surface area contributed by atoms with Crippen LogP contribution < -0.4 is 10.6 Å². The maximum atomic E-state index is 13.3. The lowest BCUT2D eigenvalue weighted by Crippen LogP contribution is -2.63. The summed E-state index contributed by atoms with van der Waals surface area (Å²) in [6, 6.07) is -2.45. The van der Waals surface area contributed by atoms with Crippen molar-refractivity contribution in [1.82, 2.24) is 30.3 Å². The van der Waals surface area contributed by atoms with Crippen LogP contribution in [0.25, 0.3) is 0 Å². The number of nitrogens with one attached hydrogen (secondary N) is 2. The fourth-order valence-electron chi connectivity index (χ4n) is 4.07. The monoisotopic (exact) mass is 458 g/mol. The van der Waals surface area contributed by atoms with Crippen LogP contribution in [0.2, 0.25) is 0 Å². The van der Waals surface area contributed by atoms with Crippen molar-refractivity contribution in [2.75, 3.05) is 13.1 Å². The van der Waals surface area contributed by atoms with Crippen molar-refractivity contribution in [1.29, 1.82) is 0 Å². The number of rotatable bonds is 3. The van der Waals surface area contributed by atoms with Crippen LogP contribution in [0, 0.1) is 5.92 Å². The van der Waals surface area contributed by atoms with Gasteiger partial charge in [0.05, 0.1) is 12.6 Å². The van der Waals surface area contributed by atoms with Crippen LogP contribution in [0.3, 0.4) is 0 Å². The predicted molar refractivity (Wildman–Crippen MR) is 91.0 cm³/mol. The number of fused-ring (bicyclic) bond motifs is 1. The highest BCUT2D eigenvalue weighted by Gasteiger charge is 2.63. The molecule has 2 atom stereocenters. The van der Waals surface area contributed by atoms with Gasteiger partial charge < -0.3 is 25.2 Å². The summed E-state index contributed by atoms with van der Waals surface area (Å²) >= 11 is 0. The fourth-order valence-corrected chi connectivity index (χ4v) is 4.07. The summed E-state index contributed by atoms with van der Waals surface area (Å²) in [4.78, 5) is 24.2. The van der Waals surface area contributed by atoms with Gasteiger partial charge in [-0.15, -0.1) is 10.2 Å². The second-order valence-corrected chi connectivity index (χ2v) is 7.84. The van der Waals surface area contributed by atoms with E-state index in [-0.39, 0.29) is 17.1 Å². The molecule has 15 heteroatoms. The first-order valence-electron chi connectivity index (χ1n) is 9.31. The summed E-state index contributed by atoms with van der Waals surface area (Å²) in [5.74, 6) is -4.34. The van der Waals surface area contributed by atoms with Crippen molar-refractivity contribution < 1.29 is 41.0 Å². The first-order valence-corrected chi connectivity index (χ1v) is 9.31. The molecule has 2 aliphatic rings. The van der Waals surface area contributed by atoms with E-state index < -0.39 is 54.8 Å². The molecule has 3 rings (SSSR count). The maximum absolute atomic E-state index is 13.3. The lowest BCUT2D eigenvalue weighted by molar-refractivity contribution is -0.300. The molecule has 2 amide bonds. The Hall–Kier alpha value is -2.58. The average molecular weight is 458 g/mol. The molecule has 3 N–H and O–H groups in total. The van der Waals surface area contributed by atoms with E-state index in [9.17, 15) is 41.0 Å².